The number of rotatable bonds is 31. The predicted molar refractivity (Wildman–Crippen MR) is 287 cm³/mol. The zero-order valence-electron chi connectivity index (χ0n) is 42.8. The number of hydrogen-bond acceptors (Lipinski definition) is 13. The van der Waals surface area contributed by atoms with E-state index in [9.17, 15) is 48.8 Å². The molecule has 21 heteroatoms. The normalized spacial score (nSPS) is 18.8. The Morgan fingerprint density at radius 1 is 0.653 bits per heavy atom. The Kier molecular flexibility index (Phi) is 20.7. The summed E-state index contributed by atoms with van der Waals surface area (Å²) in [5, 5.41) is 11.6. The van der Waals surface area contributed by atoms with Gasteiger partial charge in [0.25, 0.3) is 30.4 Å². The maximum atomic E-state index is 13.1. The van der Waals surface area contributed by atoms with Crippen molar-refractivity contribution < 1.29 is 77.1 Å². The molecule has 0 aliphatic carbocycles. The second kappa shape index (κ2) is 26.3. The molecule has 2 unspecified atom stereocenters. The highest BCUT2D eigenvalue weighted by atomic mass is 32.2. The number of anilines is 1. The maximum absolute atomic E-state index is 13.1. The van der Waals surface area contributed by atoms with Crippen molar-refractivity contribution in [2.45, 2.75) is 79.4 Å². The van der Waals surface area contributed by atoms with Gasteiger partial charge >= 0.3 is 5.97 Å². The first kappa shape index (κ1) is 59.1. The molecule has 408 valence electrons. The second-order valence-electron chi connectivity index (χ2n) is 18.8. The van der Waals surface area contributed by atoms with Gasteiger partial charge in [-0.15, -0.1) is 0 Å². The summed E-state index contributed by atoms with van der Waals surface area (Å²) in [6.45, 7) is 7.55. The number of fused-ring (bicyclic) bond motifs is 6. The lowest BCUT2D eigenvalue weighted by Gasteiger charge is -2.31. The van der Waals surface area contributed by atoms with E-state index in [0.717, 1.165) is 33.8 Å². The minimum atomic E-state index is -4.89. The van der Waals surface area contributed by atoms with Gasteiger partial charge in [-0.2, -0.15) is 29.8 Å². The summed E-state index contributed by atoms with van der Waals surface area (Å²) in [6, 6.07) is 17.1. The highest BCUT2D eigenvalue weighted by Crippen LogP contribution is 2.54. The SMILES string of the molecule is COCCOCCOCCOCCC1(C)\C(=C/C=C/C=C/C=C/C2=[N+](CCOC)c3ccc4ccccc4c3C2(C)CCCS(=O)(=O)O)N(CCCCCC(=O)O)c2cc(S(=O)(=O)O)c3ccc(S(=O)(=O)O)cc3c21. The van der Waals surface area contributed by atoms with E-state index in [1.807, 2.05) is 72.6 Å². The van der Waals surface area contributed by atoms with Gasteiger partial charge in [0.1, 0.15) is 11.5 Å². The van der Waals surface area contributed by atoms with E-state index in [2.05, 4.69) is 29.7 Å². The molecule has 18 nitrogen and oxygen atoms in total. The summed E-state index contributed by atoms with van der Waals surface area (Å²) in [4.78, 5) is 12.4. The number of allylic oxidation sites excluding steroid dienone is 8. The van der Waals surface area contributed by atoms with Crippen molar-refractivity contribution in [2.24, 2.45) is 0 Å². The molecule has 0 spiro atoms. The molecule has 0 aromatic heterocycles. The van der Waals surface area contributed by atoms with E-state index in [-0.39, 0.29) is 55.7 Å². The van der Waals surface area contributed by atoms with E-state index in [1.54, 1.807) is 14.2 Å². The van der Waals surface area contributed by atoms with Gasteiger partial charge in [-0.1, -0.05) is 67.1 Å². The predicted octanol–water partition coefficient (Wildman–Crippen LogP) is 8.22. The number of unbranched alkanes of at least 4 members (excludes halogenated alkanes) is 2. The Morgan fingerprint density at radius 3 is 1.99 bits per heavy atom. The van der Waals surface area contributed by atoms with E-state index in [1.165, 1.54) is 18.2 Å². The van der Waals surface area contributed by atoms with Crippen molar-refractivity contribution in [1.82, 2.24) is 0 Å². The van der Waals surface area contributed by atoms with Gasteiger partial charge in [-0.3, -0.25) is 18.5 Å². The molecule has 0 saturated heterocycles. The van der Waals surface area contributed by atoms with Crippen LogP contribution in [0.3, 0.4) is 0 Å². The fourth-order valence-electron chi connectivity index (χ4n) is 10.2. The Hall–Kier alpha value is -5.17. The van der Waals surface area contributed by atoms with Gasteiger partial charge in [0.15, 0.2) is 12.3 Å². The van der Waals surface area contributed by atoms with Gasteiger partial charge < -0.3 is 33.7 Å². The van der Waals surface area contributed by atoms with Crippen LogP contribution in [0.4, 0.5) is 11.4 Å². The first-order valence-corrected chi connectivity index (χ1v) is 29.3. The topological polar surface area (TPSA) is 253 Å². The molecule has 2 aliphatic heterocycles. The Labute approximate surface area is 440 Å². The van der Waals surface area contributed by atoms with Crippen molar-refractivity contribution >= 4 is 75.0 Å². The molecule has 6 rings (SSSR count). The van der Waals surface area contributed by atoms with Gasteiger partial charge in [0, 0.05) is 73.7 Å². The number of nitrogens with zero attached hydrogens (tertiary/aromatic N) is 2. The fourth-order valence-corrected chi connectivity index (χ4v) is 11.9. The third kappa shape index (κ3) is 14.9. The smallest absolute Gasteiger partial charge is 0.303 e. The maximum Gasteiger partial charge on any atom is 0.303 e. The van der Waals surface area contributed by atoms with E-state index in [4.69, 9.17) is 23.7 Å². The number of carboxylic acid groups (broad SMARTS) is 1. The summed E-state index contributed by atoms with van der Waals surface area (Å²) >= 11 is 0. The van der Waals surface area contributed by atoms with Crippen LogP contribution in [-0.2, 0) is 69.7 Å². The first-order valence-electron chi connectivity index (χ1n) is 24.8. The van der Waals surface area contributed by atoms with Crippen LogP contribution in [0.25, 0.3) is 21.5 Å². The van der Waals surface area contributed by atoms with E-state index in [0.29, 0.717) is 88.6 Å². The zero-order chi connectivity index (χ0) is 54.4. The standard InChI is InChI=1S/C54H68N2O16S3/c1-53(25-15-37-73(59,60)61)48(56(28-30-68-3)45-24-21-40-16-12-13-17-42(40)51(45)53)18-9-6-5-7-10-19-49-54(2,26-29-70-33-34-72-36-35-71-32-31-69-4)52-44-38-41(74(62,63)64)22-23-43(44)47(75(65,66)67)39-46(52)55(49)27-14-8-11-20-50(57)58/h5-7,9-10,12-13,16-19,21-24,38-39H,8,11,14-15,20,25-37H2,1-4H3,(H3-,57,58,59,60,61,62,63,64,65,66,67)/p+1. The van der Waals surface area contributed by atoms with Crippen LogP contribution in [0.2, 0.25) is 0 Å². The van der Waals surface area contributed by atoms with Crippen LogP contribution >= 0.6 is 0 Å². The third-order valence-corrected chi connectivity index (χ3v) is 16.2. The third-order valence-electron chi connectivity index (χ3n) is 13.7. The Balaban J connectivity index is 1.39. The largest absolute Gasteiger partial charge is 0.481 e. The lowest BCUT2D eigenvalue weighted by atomic mass is 9.74. The number of ether oxygens (including phenoxy) is 5. The van der Waals surface area contributed by atoms with Crippen LogP contribution < -0.4 is 4.90 Å². The zero-order valence-corrected chi connectivity index (χ0v) is 45.3. The average Bonchev–Trinajstić information content (AvgIpc) is 3.73. The van der Waals surface area contributed by atoms with Gasteiger partial charge in [0.2, 0.25) is 5.69 Å². The van der Waals surface area contributed by atoms with Crippen LogP contribution in [0, 0.1) is 0 Å². The van der Waals surface area contributed by atoms with Gasteiger partial charge in [0.05, 0.1) is 55.7 Å². The average molecular weight is 1100 g/mol. The molecule has 2 heterocycles. The molecule has 2 atom stereocenters. The molecule has 2 aliphatic rings. The number of hydrogen-bond donors (Lipinski definition) is 4. The van der Waals surface area contributed by atoms with Crippen molar-refractivity contribution in [1.29, 1.82) is 0 Å². The molecule has 0 saturated carbocycles. The summed E-state index contributed by atoms with van der Waals surface area (Å²) in [6.07, 6.45) is 15.3. The molecule has 0 bridgehead atoms. The molecule has 0 fully saturated rings. The Bertz CT molecular complexity index is 3190. The van der Waals surface area contributed by atoms with Crippen molar-refractivity contribution in [2.75, 3.05) is 90.8 Å². The lowest BCUT2D eigenvalue weighted by molar-refractivity contribution is -0.441. The molecule has 0 radical (unpaired) electrons. The molecular formula is C54H69N2O16S3+. The molecule has 4 aromatic carbocycles. The van der Waals surface area contributed by atoms with Crippen LogP contribution in [-0.4, -0.2) is 146 Å². The van der Waals surface area contributed by atoms with Crippen molar-refractivity contribution in [3.63, 3.8) is 0 Å². The second-order valence-corrected chi connectivity index (χ2v) is 23.2. The van der Waals surface area contributed by atoms with Crippen LogP contribution in [0.15, 0.2) is 119 Å². The van der Waals surface area contributed by atoms with Crippen molar-refractivity contribution in [3.05, 3.63) is 120 Å². The molecular weight excluding hydrogens is 1030 g/mol. The summed E-state index contributed by atoms with van der Waals surface area (Å²) in [5.74, 6) is -1.32. The van der Waals surface area contributed by atoms with Gasteiger partial charge in [-0.05, 0) is 98.0 Å². The summed E-state index contributed by atoms with van der Waals surface area (Å²) < 4.78 is 136. The molecule has 4 N–H and O–H groups in total. The van der Waals surface area contributed by atoms with Gasteiger partial charge in [-0.25, -0.2) is 0 Å². The highest BCUT2D eigenvalue weighted by Gasteiger charge is 2.49. The number of benzene rings is 4. The molecule has 75 heavy (non-hydrogen) atoms. The lowest BCUT2D eigenvalue weighted by Crippen LogP contribution is -2.32. The van der Waals surface area contributed by atoms with Crippen molar-refractivity contribution in [3.8, 4) is 0 Å². The first-order chi connectivity index (χ1) is 35.7. The Morgan fingerprint density at radius 2 is 1.32 bits per heavy atom. The summed E-state index contributed by atoms with van der Waals surface area (Å²) in [5.41, 5.74) is 2.86. The van der Waals surface area contributed by atoms with Crippen LogP contribution in [0.1, 0.15) is 69.9 Å². The number of aliphatic carboxylic acids is 1. The van der Waals surface area contributed by atoms with E-state index < -0.39 is 56.9 Å². The fraction of sp³-hybridized carbons (Fsp3) is 0.444. The monoisotopic (exact) mass is 1100 g/mol. The number of carboxylic acids is 1. The highest BCUT2D eigenvalue weighted by molar-refractivity contribution is 7.86. The molecule has 0 amide bonds. The summed E-state index contributed by atoms with van der Waals surface area (Å²) in [7, 11) is -10.7. The van der Waals surface area contributed by atoms with E-state index >= 15 is 0 Å². The minimum absolute atomic E-state index is 0.0385. The quantitative estimate of drug-likeness (QED) is 0.0160. The minimum Gasteiger partial charge on any atom is -0.481 e. The molecule has 4 aromatic rings. The van der Waals surface area contributed by atoms with Crippen LogP contribution in [0.5, 0.6) is 0 Å². The number of methoxy groups -OCH3 is 2. The number of carbonyl (C=O) groups is 1.